The number of hydrogen-bond acceptors (Lipinski definition) is 4. The number of thioether (sulfide) groups is 1. The number of anilines is 1. The second-order valence-corrected chi connectivity index (χ2v) is 6.00. The average Bonchev–Trinajstić information content (AvgIpc) is 2.60. The molecule has 1 amide bonds. The Bertz CT molecular complexity index is 819. The summed E-state index contributed by atoms with van der Waals surface area (Å²) < 4.78 is 38.2. The van der Waals surface area contributed by atoms with E-state index in [0.717, 1.165) is 29.2 Å². The van der Waals surface area contributed by atoms with E-state index in [1.165, 1.54) is 17.8 Å². The fourth-order valence-corrected chi connectivity index (χ4v) is 2.89. The number of amides is 1. The third-order valence-corrected chi connectivity index (χ3v) is 4.30. The van der Waals surface area contributed by atoms with Crippen molar-refractivity contribution >= 4 is 29.4 Å². The van der Waals surface area contributed by atoms with Crippen molar-refractivity contribution in [2.24, 2.45) is 0 Å². The normalized spacial score (nSPS) is 13.1. The van der Waals surface area contributed by atoms with E-state index in [1.54, 1.807) is 12.1 Å². The van der Waals surface area contributed by atoms with Crippen LogP contribution in [0.15, 0.2) is 41.3 Å². The standard InChI is InChI=1S/C18H15F2NO3S/c1-25-17-10-16-15(23-7-8-24-16)9-14(17)21-18(22)6-5-11-12(19)3-2-4-13(11)20/h2-6,9-10H,7-8H2,1H3,(H,21,22)/b6-5+. The first kappa shape index (κ1) is 17.3. The maximum absolute atomic E-state index is 13.6. The number of hydrogen-bond donors (Lipinski definition) is 1. The fraction of sp³-hybridized carbons (Fsp3) is 0.167. The van der Waals surface area contributed by atoms with Gasteiger partial charge in [-0.1, -0.05) is 6.07 Å². The van der Waals surface area contributed by atoms with Gasteiger partial charge in [-0.05, 0) is 30.5 Å². The fourth-order valence-electron chi connectivity index (χ4n) is 2.34. The summed E-state index contributed by atoms with van der Waals surface area (Å²) in [6, 6.07) is 6.99. The summed E-state index contributed by atoms with van der Waals surface area (Å²) >= 11 is 1.44. The lowest BCUT2D eigenvalue weighted by Gasteiger charge is -2.20. The van der Waals surface area contributed by atoms with Crippen LogP contribution in [0.3, 0.4) is 0 Å². The molecule has 1 N–H and O–H groups in total. The molecule has 0 saturated heterocycles. The zero-order valence-corrected chi connectivity index (χ0v) is 14.2. The first-order chi connectivity index (χ1) is 12.1. The molecule has 0 bridgehead atoms. The number of rotatable bonds is 4. The van der Waals surface area contributed by atoms with E-state index in [2.05, 4.69) is 5.32 Å². The zero-order valence-electron chi connectivity index (χ0n) is 13.3. The van der Waals surface area contributed by atoms with Crippen molar-refractivity contribution in [1.82, 2.24) is 0 Å². The first-order valence-corrected chi connectivity index (χ1v) is 8.71. The Labute approximate surface area is 147 Å². The number of fused-ring (bicyclic) bond motifs is 1. The maximum Gasteiger partial charge on any atom is 0.248 e. The summed E-state index contributed by atoms with van der Waals surface area (Å²) in [5, 5.41) is 2.69. The highest BCUT2D eigenvalue weighted by atomic mass is 32.2. The molecule has 1 aliphatic heterocycles. The van der Waals surface area contributed by atoms with Gasteiger partial charge in [0.1, 0.15) is 24.8 Å². The molecule has 0 saturated carbocycles. The zero-order chi connectivity index (χ0) is 17.8. The van der Waals surface area contributed by atoms with Gasteiger partial charge in [-0.25, -0.2) is 8.78 Å². The number of carbonyl (C=O) groups excluding carboxylic acids is 1. The summed E-state index contributed by atoms with van der Waals surface area (Å²) in [6.45, 7) is 0.912. The molecule has 0 atom stereocenters. The third-order valence-electron chi connectivity index (χ3n) is 3.52. The monoisotopic (exact) mass is 363 g/mol. The van der Waals surface area contributed by atoms with Gasteiger partial charge in [0.05, 0.1) is 5.69 Å². The molecular weight excluding hydrogens is 348 g/mol. The molecule has 0 radical (unpaired) electrons. The van der Waals surface area contributed by atoms with Crippen LogP contribution in [-0.2, 0) is 4.79 Å². The van der Waals surface area contributed by atoms with E-state index in [0.29, 0.717) is 30.4 Å². The van der Waals surface area contributed by atoms with Gasteiger partial charge < -0.3 is 14.8 Å². The van der Waals surface area contributed by atoms with E-state index in [4.69, 9.17) is 9.47 Å². The summed E-state index contributed by atoms with van der Waals surface area (Å²) in [5.41, 5.74) is 0.283. The van der Waals surface area contributed by atoms with Crippen LogP contribution in [-0.4, -0.2) is 25.4 Å². The highest BCUT2D eigenvalue weighted by Crippen LogP contribution is 2.39. The average molecular weight is 363 g/mol. The second kappa shape index (κ2) is 7.57. The van der Waals surface area contributed by atoms with Crippen molar-refractivity contribution in [3.05, 3.63) is 53.6 Å². The summed E-state index contributed by atoms with van der Waals surface area (Å²) in [6.07, 6.45) is 4.06. The van der Waals surface area contributed by atoms with Crippen LogP contribution >= 0.6 is 11.8 Å². The minimum atomic E-state index is -0.729. The van der Waals surface area contributed by atoms with Gasteiger partial charge in [0.2, 0.25) is 5.91 Å². The highest BCUT2D eigenvalue weighted by molar-refractivity contribution is 7.98. The molecule has 0 fully saturated rings. The molecule has 1 heterocycles. The number of benzene rings is 2. The van der Waals surface area contributed by atoms with Crippen LogP contribution in [0.2, 0.25) is 0 Å². The molecule has 25 heavy (non-hydrogen) atoms. The molecule has 0 unspecified atom stereocenters. The SMILES string of the molecule is CSc1cc2c(cc1NC(=O)/C=C/c1c(F)cccc1F)OCCO2. The van der Waals surface area contributed by atoms with Crippen molar-refractivity contribution in [3.63, 3.8) is 0 Å². The largest absolute Gasteiger partial charge is 0.486 e. The first-order valence-electron chi connectivity index (χ1n) is 7.49. The van der Waals surface area contributed by atoms with E-state index in [-0.39, 0.29) is 5.56 Å². The van der Waals surface area contributed by atoms with Gasteiger partial charge in [-0.2, -0.15) is 0 Å². The Balaban J connectivity index is 1.80. The van der Waals surface area contributed by atoms with E-state index in [9.17, 15) is 13.6 Å². The Hall–Kier alpha value is -2.54. The van der Waals surface area contributed by atoms with Crippen molar-refractivity contribution < 1.29 is 23.0 Å². The molecule has 0 spiro atoms. The summed E-state index contributed by atoms with van der Waals surface area (Å²) in [4.78, 5) is 12.9. The van der Waals surface area contributed by atoms with Gasteiger partial charge in [0, 0.05) is 22.6 Å². The van der Waals surface area contributed by atoms with Gasteiger partial charge >= 0.3 is 0 Å². The number of halogens is 2. The highest BCUT2D eigenvalue weighted by Gasteiger charge is 2.16. The van der Waals surface area contributed by atoms with E-state index >= 15 is 0 Å². The quantitative estimate of drug-likeness (QED) is 0.656. The molecule has 3 rings (SSSR count). The molecule has 130 valence electrons. The van der Waals surface area contributed by atoms with Crippen molar-refractivity contribution in [2.45, 2.75) is 4.90 Å². The topological polar surface area (TPSA) is 47.6 Å². The smallest absolute Gasteiger partial charge is 0.248 e. The number of carbonyl (C=O) groups is 1. The Morgan fingerprint density at radius 2 is 1.80 bits per heavy atom. The van der Waals surface area contributed by atoms with Crippen LogP contribution < -0.4 is 14.8 Å². The van der Waals surface area contributed by atoms with E-state index in [1.807, 2.05) is 6.26 Å². The number of ether oxygens (including phenoxy) is 2. The van der Waals surface area contributed by atoms with Gasteiger partial charge in [0.15, 0.2) is 11.5 Å². The minimum Gasteiger partial charge on any atom is -0.486 e. The Kier molecular flexibility index (Phi) is 5.23. The van der Waals surface area contributed by atoms with Gasteiger partial charge in [-0.3, -0.25) is 4.79 Å². The predicted molar refractivity (Wildman–Crippen MR) is 93.2 cm³/mol. The molecule has 1 aliphatic rings. The van der Waals surface area contributed by atoms with Crippen molar-refractivity contribution in [3.8, 4) is 11.5 Å². The molecule has 2 aromatic rings. The van der Waals surface area contributed by atoms with Crippen molar-refractivity contribution in [2.75, 3.05) is 24.8 Å². The summed E-state index contributed by atoms with van der Waals surface area (Å²) in [7, 11) is 0. The maximum atomic E-state index is 13.6. The third kappa shape index (κ3) is 3.93. The van der Waals surface area contributed by atoms with Gasteiger partial charge in [0.25, 0.3) is 0 Å². The number of nitrogens with one attached hydrogen (secondary N) is 1. The van der Waals surface area contributed by atoms with Crippen LogP contribution in [0.4, 0.5) is 14.5 Å². The summed E-state index contributed by atoms with van der Waals surface area (Å²) in [5.74, 6) is -0.794. The van der Waals surface area contributed by atoms with E-state index < -0.39 is 17.5 Å². The second-order valence-electron chi connectivity index (χ2n) is 5.15. The minimum absolute atomic E-state index is 0.259. The Morgan fingerprint density at radius 1 is 1.16 bits per heavy atom. The van der Waals surface area contributed by atoms with Gasteiger partial charge in [-0.15, -0.1) is 11.8 Å². The molecule has 0 aromatic heterocycles. The van der Waals surface area contributed by atoms with Crippen molar-refractivity contribution in [1.29, 1.82) is 0 Å². The van der Waals surface area contributed by atoms with Crippen LogP contribution in [0, 0.1) is 11.6 Å². The lowest BCUT2D eigenvalue weighted by Crippen LogP contribution is -2.16. The predicted octanol–water partition coefficient (Wildman–Crippen LogP) is 4.11. The molecule has 2 aromatic carbocycles. The lowest BCUT2D eigenvalue weighted by atomic mass is 10.2. The Morgan fingerprint density at radius 3 is 2.44 bits per heavy atom. The van der Waals surface area contributed by atoms with Crippen LogP contribution in [0.5, 0.6) is 11.5 Å². The molecule has 7 heteroatoms. The molecular formula is C18H15F2NO3S. The van der Waals surface area contributed by atoms with Crippen LogP contribution in [0.25, 0.3) is 6.08 Å². The molecule has 4 nitrogen and oxygen atoms in total. The lowest BCUT2D eigenvalue weighted by molar-refractivity contribution is -0.111. The van der Waals surface area contributed by atoms with Crippen LogP contribution in [0.1, 0.15) is 5.56 Å². The molecule has 0 aliphatic carbocycles.